The lowest BCUT2D eigenvalue weighted by atomic mass is 10.1. The highest BCUT2D eigenvalue weighted by molar-refractivity contribution is 9.10. The van der Waals surface area contributed by atoms with Gasteiger partial charge in [0.1, 0.15) is 5.75 Å². The van der Waals surface area contributed by atoms with Gasteiger partial charge in [-0.2, -0.15) is 0 Å². The Hall–Kier alpha value is -1.74. The highest BCUT2D eigenvalue weighted by Gasteiger charge is 2.13. The van der Waals surface area contributed by atoms with Crippen LogP contribution in [-0.2, 0) is 13.0 Å². The summed E-state index contributed by atoms with van der Waals surface area (Å²) in [7, 11) is 1.72. The summed E-state index contributed by atoms with van der Waals surface area (Å²) in [6, 6.07) is 14.9. The Morgan fingerprint density at radius 2 is 1.82 bits per heavy atom. The van der Waals surface area contributed by atoms with E-state index in [0.29, 0.717) is 0 Å². The van der Waals surface area contributed by atoms with E-state index in [-0.39, 0.29) is 0 Å². The summed E-state index contributed by atoms with van der Waals surface area (Å²) in [6.45, 7) is 5.32. The van der Waals surface area contributed by atoms with Gasteiger partial charge in [-0.25, -0.2) is 0 Å². The molecule has 0 aliphatic rings. The number of ether oxygens (including phenoxy) is 1. The molecule has 3 rings (SSSR count). The highest BCUT2D eigenvalue weighted by atomic mass is 79.9. The fourth-order valence-electron chi connectivity index (χ4n) is 3.08. The number of aryl methyl sites for hydroxylation is 1. The molecule has 0 aliphatic carbocycles. The summed E-state index contributed by atoms with van der Waals surface area (Å²) < 4.78 is 8.90. The minimum Gasteiger partial charge on any atom is -0.497 e. The quantitative estimate of drug-likeness (QED) is 0.615. The zero-order valence-corrected chi connectivity index (χ0v) is 14.8. The number of nitrogens with zero attached hydrogens (tertiary/aromatic N) is 1. The first-order valence-electron chi connectivity index (χ1n) is 7.54. The molecule has 22 heavy (non-hydrogen) atoms. The zero-order chi connectivity index (χ0) is 15.7. The van der Waals surface area contributed by atoms with Gasteiger partial charge in [0.05, 0.1) is 7.11 Å². The third-order valence-electron chi connectivity index (χ3n) is 4.27. The highest BCUT2D eigenvalue weighted by Crippen LogP contribution is 2.30. The fraction of sp³-hybridized carbons (Fsp3) is 0.263. The second-order valence-electron chi connectivity index (χ2n) is 5.51. The van der Waals surface area contributed by atoms with Crippen LogP contribution < -0.4 is 4.74 Å². The largest absolute Gasteiger partial charge is 0.497 e. The molecule has 114 valence electrons. The number of hydrogen-bond acceptors (Lipinski definition) is 1. The van der Waals surface area contributed by atoms with Crippen LogP contribution in [-0.4, -0.2) is 11.7 Å². The summed E-state index contributed by atoms with van der Waals surface area (Å²) in [4.78, 5) is 0. The fourth-order valence-corrected chi connectivity index (χ4v) is 3.34. The number of aromatic nitrogens is 1. The maximum absolute atomic E-state index is 5.39. The lowest BCUT2D eigenvalue weighted by Crippen LogP contribution is -2.02. The molecule has 0 fully saturated rings. The summed E-state index contributed by atoms with van der Waals surface area (Å²) in [5.41, 5.74) is 5.33. The normalized spacial score (nSPS) is 11.1. The van der Waals surface area contributed by atoms with Crippen LogP contribution >= 0.6 is 15.9 Å². The molecule has 0 spiro atoms. The lowest BCUT2D eigenvalue weighted by molar-refractivity contribution is 0.415. The van der Waals surface area contributed by atoms with Crippen molar-refractivity contribution in [1.29, 1.82) is 0 Å². The van der Waals surface area contributed by atoms with Crippen molar-refractivity contribution in [2.75, 3.05) is 7.11 Å². The van der Waals surface area contributed by atoms with E-state index in [1.54, 1.807) is 7.11 Å². The summed E-state index contributed by atoms with van der Waals surface area (Å²) >= 11 is 3.50. The first-order valence-corrected chi connectivity index (χ1v) is 8.33. The molecule has 0 saturated heterocycles. The minimum atomic E-state index is 0.891. The van der Waals surface area contributed by atoms with Crippen LogP contribution in [0, 0.1) is 6.92 Å². The molecule has 0 bridgehead atoms. The second-order valence-corrected chi connectivity index (χ2v) is 6.43. The molecule has 1 heterocycles. The van der Waals surface area contributed by atoms with Crippen molar-refractivity contribution >= 4 is 26.8 Å². The van der Waals surface area contributed by atoms with Gasteiger partial charge in [0, 0.05) is 27.6 Å². The van der Waals surface area contributed by atoms with Crippen molar-refractivity contribution in [3.63, 3.8) is 0 Å². The number of halogens is 1. The number of rotatable bonds is 4. The Morgan fingerprint density at radius 1 is 1.09 bits per heavy atom. The number of benzene rings is 2. The van der Waals surface area contributed by atoms with E-state index >= 15 is 0 Å². The number of fused-ring (bicyclic) bond motifs is 1. The number of methoxy groups -OCH3 is 1. The van der Waals surface area contributed by atoms with Crippen LogP contribution in [0.1, 0.15) is 23.7 Å². The van der Waals surface area contributed by atoms with Crippen molar-refractivity contribution in [3.8, 4) is 5.75 Å². The Labute approximate surface area is 139 Å². The van der Waals surface area contributed by atoms with Gasteiger partial charge in [0.2, 0.25) is 0 Å². The van der Waals surface area contributed by atoms with Crippen molar-refractivity contribution in [2.45, 2.75) is 26.8 Å². The van der Waals surface area contributed by atoms with Crippen LogP contribution in [0.3, 0.4) is 0 Å². The predicted molar refractivity (Wildman–Crippen MR) is 95.8 cm³/mol. The van der Waals surface area contributed by atoms with E-state index in [1.807, 2.05) is 6.07 Å². The van der Waals surface area contributed by atoms with Crippen molar-refractivity contribution < 1.29 is 4.74 Å². The van der Waals surface area contributed by atoms with Crippen molar-refractivity contribution in [1.82, 2.24) is 4.57 Å². The van der Waals surface area contributed by atoms with Gasteiger partial charge in [-0.05, 0) is 54.8 Å². The third kappa shape index (κ3) is 2.66. The number of hydrogen-bond donors (Lipinski definition) is 0. The molecular formula is C19H20BrNO. The summed E-state index contributed by atoms with van der Waals surface area (Å²) in [5, 5.41) is 1.30. The molecule has 0 aliphatic heterocycles. The first-order chi connectivity index (χ1) is 10.6. The molecule has 2 nitrogen and oxygen atoms in total. The van der Waals surface area contributed by atoms with Gasteiger partial charge in [-0.3, -0.25) is 0 Å². The van der Waals surface area contributed by atoms with E-state index in [2.05, 4.69) is 70.7 Å². The van der Waals surface area contributed by atoms with Gasteiger partial charge in [-0.1, -0.05) is 35.0 Å². The molecule has 1 aromatic heterocycles. The van der Waals surface area contributed by atoms with Crippen LogP contribution in [0.2, 0.25) is 0 Å². The van der Waals surface area contributed by atoms with Gasteiger partial charge in [0.15, 0.2) is 0 Å². The molecule has 0 saturated carbocycles. The monoisotopic (exact) mass is 357 g/mol. The molecule has 0 unspecified atom stereocenters. The standard InChI is InChI=1S/C19H20BrNO/c1-4-17-13(2)21(12-14-5-7-15(20)8-6-14)19-10-9-16(22-3)11-18(17)19/h5-11H,4,12H2,1-3H3. The van der Waals surface area contributed by atoms with E-state index in [0.717, 1.165) is 23.2 Å². The maximum atomic E-state index is 5.39. The van der Waals surface area contributed by atoms with E-state index in [9.17, 15) is 0 Å². The molecule has 0 N–H and O–H groups in total. The maximum Gasteiger partial charge on any atom is 0.119 e. The van der Waals surface area contributed by atoms with Gasteiger partial charge < -0.3 is 9.30 Å². The molecule has 0 atom stereocenters. The molecule has 3 heteroatoms. The van der Waals surface area contributed by atoms with Gasteiger partial charge in [0.25, 0.3) is 0 Å². The average molecular weight is 358 g/mol. The Bertz CT molecular complexity index is 802. The minimum absolute atomic E-state index is 0.891. The average Bonchev–Trinajstić information content (AvgIpc) is 2.80. The van der Waals surface area contributed by atoms with E-state index < -0.39 is 0 Å². The third-order valence-corrected chi connectivity index (χ3v) is 4.80. The van der Waals surface area contributed by atoms with Crippen LogP contribution in [0.5, 0.6) is 5.75 Å². The Morgan fingerprint density at radius 3 is 2.45 bits per heavy atom. The van der Waals surface area contributed by atoms with Crippen LogP contribution in [0.25, 0.3) is 10.9 Å². The molecular weight excluding hydrogens is 338 g/mol. The Kier molecular flexibility index (Phi) is 4.25. The molecule has 0 amide bonds. The predicted octanol–water partition coefficient (Wildman–Crippen LogP) is 5.33. The summed E-state index contributed by atoms with van der Waals surface area (Å²) in [5.74, 6) is 0.919. The van der Waals surface area contributed by atoms with Crippen molar-refractivity contribution in [3.05, 3.63) is 63.8 Å². The first kappa shape index (κ1) is 15.2. The zero-order valence-electron chi connectivity index (χ0n) is 13.2. The SMILES string of the molecule is CCc1c(C)n(Cc2ccc(Br)cc2)c2ccc(OC)cc12. The van der Waals surface area contributed by atoms with Gasteiger partial charge in [-0.15, -0.1) is 0 Å². The lowest BCUT2D eigenvalue weighted by Gasteiger charge is -2.09. The van der Waals surface area contributed by atoms with E-state index in [4.69, 9.17) is 4.74 Å². The topological polar surface area (TPSA) is 14.2 Å². The van der Waals surface area contributed by atoms with E-state index in [1.165, 1.54) is 27.7 Å². The summed E-state index contributed by atoms with van der Waals surface area (Å²) in [6.07, 6.45) is 1.03. The molecule has 0 radical (unpaired) electrons. The van der Waals surface area contributed by atoms with Crippen molar-refractivity contribution in [2.24, 2.45) is 0 Å². The van der Waals surface area contributed by atoms with Gasteiger partial charge >= 0.3 is 0 Å². The van der Waals surface area contributed by atoms with Crippen LogP contribution in [0.15, 0.2) is 46.9 Å². The smallest absolute Gasteiger partial charge is 0.119 e. The second kappa shape index (κ2) is 6.17. The molecule has 3 aromatic rings. The van der Waals surface area contributed by atoms with Crippen LogP contribution in [0.4, 0.5) is 0 Å². The Balaban J connectivity index is 2.12. The molecule has 2 aromatic carbocycles.